The van der Waals surface area contributed by atoms with Crippen molar-refractivity contribution < 1.29 is 4.79 Å². The molecule has 0 radical (unpaired) electrons. The van der Waals surface area contributed by atoms with Gasteiger partial charge in [0.25, 0.3) is 0 Å². The van der Waals surface area contributed by atoms with Crippen LogP contribution in [0.4, 0.5) is 11.6 Å². The maximum atomic E-state index is 13.2. The number of aryl methyl sites for hydroxylation is 1. The van der Waals surface area contributed by atoms with Crippen LogP contribution in [0.2, 0.25) is 0 Å². The van der Waals surface area contributed by atoms with Crippen LogP contribution in [0, 0.1) is 0 Å². The summed E-state index contributed by atoms with van der Waals surface area (Å²) < 4.78 is 0. The number of nitrogens with zero attached hydrogens (tertiary/aromatic N) is 3. The van der Waals surface area contributed by atoms with Crippen LogP contribution < -0.4 is 16.0 Å². The van der Waals surface area contributed by atoms with Gasteiger partial charge < -0.3 is 16.0 Å². The molecule has 6 nitrogen and oxygen atoms in total. The number of nitrogen functional groups attached to an aromatic ring is 1. The van der Waals surface area contributed by atoms with Crippen LogP contribution in [0.3, 0.4) is 0 Å². The Hall–Kier alpha value is -3.25. The Morgan fingerprint density at radius 1 is 1.17 bits per heavy atom. The normalized spacial score (nSPS) is 16.6. The minimum absolute atomic E-state index is 0.177. The molecule has 1 fully saturated rings. The quantitative estimate of drug-likeness (QED) is 0.655. The molecule has 0 aliphatic carbocycles. The smallest absolute Gasteiger partial charge is 0.215 e. The van der Waals surface area contributed by atoms with Crippen molar-refractivity contribution in [1.82, 2.24) is 15.3 Å². The van der Waals surface area contributed by atoms with E-state index in [2.05, 4.69) is 39.5 Å². The first-order chi connectivity index (χ1) is 14.2. The van der Waals surface area contributed by atoms with E-state index in [1.54, 1.807) is 18.3 Å². The second-order valence-corrected chi connectivity index (χ2v) is 7.16. The highest BCUT2D eigenvalue weighted by Crippen LogP contribution is 2.24. The van der Waals surface area contributed by atoms with Crippen LogP contribution in [0.5, 0.6) is 0 Å². The number of carbonyl (C=O) groups is 1. The van der Waals surface area contributed by atoms with E-state index < -0.39 is 0 Å². The van der Waals surface area contributed by atoms with Gasteiger partial charge in [0.05, 0.1) is 5.56 Å². The minimum atomic E-state index is -0.177. The fourth-order valence-electron chi connectivity index (χ4n) is 3.74. The van der Waals surface area contributed by atoms with Gasteiger partial charge in [-0.3, -0.25) is 4.79 Å². The van der Waals surface area contributed by atoms with Crippen molar-refractivity contribution in [3.8, 4) is 0 Å². The second kappa shape index (κ2) is 8.41. The summed E-state index contributed by atoms with van der Waals surface area (Å²) in [6.45, 7) is 4.52. The summed E-state index contributed by atoms with van der Waals surface area (Å²) in [4.78, 5) is 24.2. The predicted octanol–water partition coefficient (Wildman–Crippen LogP) is 3.00. The maximum Gasteiger partial charge on any atom is 0.215 e. The average molecular weight is 387 g/mol. The molecule has 1 aliphatic heterocycles. The average Bonchev–Trinajstić information content (AvgIpc) is 2.79. The minimum Gasteiger partial charge on any atom is -0.383 e. The third-order valence-corrected chi connectivity index (χ3v) is 5.34. The lowest BCUT2D eigenvalue weighted by molar-refractivity contribution is 0.103. The number of pyridine rings is 2. The number of piperazine rings is 1. The first kappa shape index (κ1) is 19.1. The van der Waals surface area contributed by atoms with Crippen LogP contribution in [0.1, 0.15) is 40.1 Å². The molecule has 1 aliphatic rings. The molecule has 4 rings (SSSR count). The highest BCUT2D eigenvalue weighted by molar-refractivity contribution is 6.11. The van der Waals surface area contributed by atoms with Gasteiger partial charge in [-0.25, -0.2) is 9.97 Å². The summed E-state index contributed by atoms with van der Waals surface area (Å²) in [6.07, 6.45) is 2.31. The summed E-state index contributed by atoms with van der Waals surface area (Å²) in [5.74, 6) is 0.873. The van der Waals surface area contributed by atoms with Crippen molar-refractivity contribution in [2.45, 2.75) is 19.4 Å². The molecule has 0 saturated carbocycles. The topological polar surface area (TPSA) is 84.1 Å². The number of rotatable bonds is 5. The molecule has 6 heteroatoms. The molecular formula is C23H25N5O. The summed E-state index contributed by atoms with van der Waals surface area (Å²) in [6, 6.07) is 18.1. The first-order valence-corrected chi connectivity index (χ1v) is 9.95. The van der Waals surface area contributed by atoms with Gasteiger partial charge >= 0.3 is 0 Å². The fourth-order valence-corrected chi connectivity index (χ4v) is 3.74. The van der Waals surface area contributed by atoms with Crippen LogP contribution in [0.15, 0.2) is 60.8 Å². The Labute approximate surface area is 170 Å². The lowest BCUT2D eigenvalue weighted by Gasteiger charge is -2.35. The largest absolute Gasteiger partial charge is 0.383 e. The molecule has 1 aromatic carbocycles. The Kier molecular flexibility index (Phi) is 5.53. The van der Waals surface area contributed by atoms with E-state index in [-0.39, 0.29) is 17.6 Å². The summed E-state index contributed by atoms with van der Waals surface area (Å²) in [7, 11) is 0. The van der Waals surface area contributed by atoms with Gasteiger partial charge in [0.1, 0.15) is 17.3 Å². The monoisotopic (exact) mass is 387 g/mol. The first-order valence-electron chi connectivity index (χ1n) is 9.95. The van der Waals surface area contributed by atoms with Gasteiger partial charge in [-0.2, -0.15) is 0 Å². The zero-order chi connectivity index (χ0) is 20.2. The molecule has 0 bridgehead atoms. The van der Waals surface area contributed by atoms with Gasteiger partial charge in [-0.05, 0) is 35.7 Å². The molecule has 3 N–H and O–H groups in total. The van der Waals surface area contributed by atoms with E-state index in [0.29, 0.717) is 11.3 Å². The van der Waals surface area contributed by atoms with Gasteiger partial charge in [0.2, 0.25) is 5.78 Å². The van der Waals surface area contributed by atoms with Gasteiger partial charge in [0.15, 0.2) is 0 Å². The van der Waals surface area contributed by atoms with Crippen molar-refractivity contribution in [2.75, 3.05) is 30.3 Å². The van der Waals surface area contributed by atoms with Gasteiger partial charge in [-0.1, -0.05) is 43.3 Å². The summed E-state index contributed by atoms with van der Waals surface area (Å²) >= 11 is 0. The van der Waals surface area contributed by atoms with Crippen molar-refractivity contribution in [1.29, 1.82) is 0 Å². The van der Waals surface area contributed by atoms with E-state index in [1.807, 2.05) is 25.1 Å². The number of hydrogen-bond acceptors (Lipinski definition) is 6. The molecule has 2 aromatic heterocycles. The lowest BCUT2D eigenvalue weighted by atomic mass is 10.0. The number of benzene rings is 1. The van der Waals surface area contributed by atoms with E-state index in [1.165, 1.54) is 5.56 Å². The number of nitrogens with one attached hydrogen (secondary N) is 1. The number of hydrogen-bond donors (Lipinski definition) is 2. The number of nitrogens with two attached hydrogens (primary N) is 1. The highest BCUT2D eigenvalue weighted by Gasteiger charge is 2.24. The predicted molar refractivity (Wildman–Crippen MR) is 115 cm³/mol. The van der Waals surface area contributed by atoms with E-state index in [9.17, 15) is 4.79 Å². The Morgan fingerprint density at radius 3 is 2.76 bits per heavy atom. The number of ketones is 1. The van der Waals surface area contributed by atoms with Crippen molar-refractivity contribution >= 4 is 17.4 Å². The summed E-state index contributed by atoms with van der Waals surface area (Å²) in [5.41, 5.74) is 8.96. The lowest BCUT2D eigenvalue weighted by Crippen LogP contribution is -2.46. The van der Waals surface area contributed by atoms with Gasteiger partial charge in [-0.15, -0.1) is 0 Å². The molecule has 1 unspecified atom stereocenters. The molecule has 0 spiro atoms. The third-order valence-electron chi connectivity index (χ3n) is 5.34. The Morgan fingerprint density at radius 2 is 2.00 bits per heavy atom. The molecular weight excluding hydrogens is 362 g/mol. The van der Waals surface area contributed by atoms with Gasteiger partial charge in [0, 0.05) is 31.9 Å². The maximum absolute atomic E-state index is 13.2. The molecule has 1 saturated heterocycles. The van der Waals surface area contributed by atoms with Crippen LogP contribution >= 0.6 is 0 Å². The fraction of sp³-hybridized carbons (Fsp3) is 0.261. The van der Waals surface area contributed by atoms with E-state index >= 15 is 0 Å². The zero-order valence-electron chi connectivity index (χ0n) is 16.5. The van der Waals surface area contributed by atoms with Crippen molar-refractivity contribution in [2.24, 2.45) is 0 Å². The summed E-state index contributed by atoms with van der Waals surface area (Å²) in [5, 5.41) is 3.57. The van der Waals surface area contributed by atoms with Crippen LogP contribution in [-0.4, -0.2) is 35.4 Å². The van der Waals surface area contributed by atoms with E-state index in [0.717, 1.165) is 37.4 Å². The Bertz CT molecular complexity index is 1010. The SMILES string of the molecule is CCc1ccc(N2CCNC(c3ccccc3)C2)nc1C(=O)c1cccnc1N. The molecule has 0 amide bonds. The number of anilines is 2. The van der Waals surface area contributed by atoms with Crippen LogP contribution in [-0.2, 0) is 6.42 Å². The second-order valence-electron chi connectivity index (χ2n) is 7.16. The van der Waals surface area contributed by atoms with E-state index in [4.69, 9.17) is 10.7 Å². The highest BCUT2D eigenvalue weighted by atomic mass is 16.1. The number of aromatic nitrogens is 2. The van der Waals surface area contributed by atoms with Crippen LogP contribution in [0.25, 0.3) is 0 Å². The molecule has 3 aromatic rings. The van der Waals surface area contributed by atoms with Crippen molar-refractivity contribution in [3.05, 3.63) is 83.2 Å². The molecule has 29 heavy (non-hydrogen) atoms. The third kappa shape index (κ3) is 3.98. The molecule has 148 valence electrons. The zero-order valence-corrected chi connectivity index (χ0v) is 16.5. The number of carbonyl (C=O) groups excluding carboxylic acids is 1. The molecule has 3 heterocycles. The standard InChI is InChI=1S/C23H25N5O/c1-2-16-10-11-20(27-21(16)22(29)18-9-6-12-26-23(18)24)28-14-13-25-19(15-28)17-7-4-3-5-8-17/h3-12,19,25H,2,13-15H2,1H3,(H2,24,26). The van der Waals surface area contributed by atoms with Crippen molar-refractivity contribution in [3.63, 3.8) is 0 Å². The molecule has 1 atom stereocenters. The Balaban J connectivity index is 1.64.